The van der Waals surface area contributed by atoms with Gasteiger partial charge in [-0.3, -0.25) is 0 Å². The van der Waals surface area contributed by atoms with Crippen LogP contribution in [-0.4, -0.2) is 44.3 Å². The molecule has 0 N–H and O–H groups in total. The molecule has 0 aromatic heterocycles. The molecular formula is C14H18F3NO3S. The van der Waals surface area contributed by atoms with Crippen molar-refractivity contribution in [1.29, 1.82) is 0 Å². The largest absolute Gasteiger partial charge is 0.390 e. The highest BCUT2D eigenvalue weighted by molar-refractivity contribution is 7.89. The number of nitrogens with zero attached hydrogens (tertiary/aromatic N) is 1. The first-order valence-corrected chi connectivity index (χ1v) is 8.47. The summed E-state index contributed by atoms with van der Waals surface area (Å²) >= 11 is 0. The number of rotatable bonds is 5. The zero-order valence-corrected chi connectivity index (χ0v) is 13.0. The third-order valence-electron chi connectivity index (χ3n) is 3.62. The molecule has 1 aromatic carbocycles. The first-order chi connectivity index (χ1) is 10.2. The Morgan fingerprint density at radius 3 is 2.55 bits per heavy atom. The first-order valence-electron chi connectivity index (χ1n) is 6.86. The van der Waals surface area contributed by atoms with E-state index in [1.54, 1.807) is 0 Å². The Hall–Kier alpha value is -1.12. The predicted molar refractivity (Wildman–Crippen MR) is 75.8 cm³/mol. The number of alkyl halides is 3. The minimum absolute atomic E-state index is 0.0501. The maximum Gasteiger partial charge on any atom is 0.390 e. The molecule has 1 aromatic rings. The number of ether oxygens (including phenoxy) is 1. The second kappa shape index (κ2) is 6.55. The number of sulfonamides is 1. The summed E-state index contributed by atoms with van der Waals surface area (Å²) < 4.78 is 66.8. The summed E-state index contributed by atoms with van der Waals surface area (Å²) in [4.78, 5) is 0. The van der Waals surface area contributed by atoms with Gasteiger partial charge in [-0.15, -0.1) is 0 Å². The number of benzene rings is 1. The first kappa shape index (κ1) is 17.2. The summed E-state index contributed by atoms with van der Waals surface area (Å²) in [6.07, 6.45) is -5.61. The van der Waals surface area contributed by atoms with Crippen LogP contribution in [0.5, 0.6) is 0 Å². The molecule has 0 aliphatic carbocycles. The van der Waals surface area contributed by atoms with E-state index in [0.29, 0.717) is 13.0 Å². The Bertz CT molecular complexity index is 616. The van der Waals surface area contributed by atoms with Gasteiger partial charge < -0.3 is 4.74 Å². The van der Waals surface area contributed by atoms with Gasteiger partial charge in [-0.25, -0.2) is 12.7 Å². The minimum atomic E-state index is -4.48. The molecule has 1 atom stereocenters. The Kier molecular flexibility index (Phi) is 5.14. The second-order valence-corrected chi connectivity index (χ2v) is 7.56. The van der Waals surface area contributed by atoms with Gasteiger partial charge in [0.1, 0.15) is 0 Å². The van der Waals surface area contributed by atoms with Crippen LogP contribution in [0, 0.1) is 0 Å². The summed E-state index contributed by atoms with van der Waals surface area (Å²) in [5, 5.41) is 0. The van der Waals surface area contributed by atoms with Crippen LogP contribution in [0.25, 0.3) is 0 Å². The monoisotopic (exact) mass is 337 g/mol. The number of halogens is 3. The van der Waals surface area contributed by atoms with Gasteiger partial charge >= 0.3 is 6.18 Å². The van der Waals surface area contributed by atoms with Gasteiger partial charge in [0, 0.05) is 20.0 Å². The number of hydrogen-bond acceptors (Lipinski definition) is 3. The average Bonchev–Trinajstić information content (AvgIpc) is 2.44. The molecular weight excluding hydrogens is 319 g/mol. The molecule has 1 heterocycles. The molecule has 0 fully saturated rings. The second-order valence-electron chi connectivity index (χ2n) is 5.37. The Morgan fingerprint density at radius 2 is 1.91 bits per heavy atom. The van der Waals surface area contributed by atoms with Crippen molar-refractivity contribution in [1.82, 2.24) is 4.31 Å². The van der Waals surface area contributed by atoms with Gasteiger partial charge in [0.25, 0.3) is 0 Å². The highest BCUT2D eigenvalue weighted by atomic mass is 32.2. The molecule has 2 rings (SSSR count). The zero-order valence-electron chi connectivity index (χ0n) is 12.1. The van der Waals surface area contributed by atoms with E-state index in [1.165, 1.54) is 7.05 Å². The van der Waals surface area contributed by atoms with E-state index < -0.39 is 28.4 Å². The smallest absolute Gasteiger partial charge is 0.372 e. The number of fused-ring (bicyclic) bond motifs is 1. The Balaban J connectivity index is 1.94. The molecule has 124 valence electrons. The molecule has 1 aliphatic heterocycles. The molecule has 0 spiro atoms. The fraction of sp³-hybridized carbons (Fsp3) is 0.571. The van der Waals surface area contributed by atoms with Gasteiger partial charge in [0.05, 0.1) is 24.9 Å². The quantitative estimate of drug-likeness (QED) is 0.829. The van der Waals surface area contributed by atoms with Crippen molar-refractivity contribution in [3.63, 3.8) is 0 Å². The van der Waals surface area contributed by atoms with Crippen LogP contribution < -0.4 is 0 Å². The summed E-state index contributed by atoms with van der Waals surface area (Å²) in [5.41, 5.74) is 2.14. The maximum atomic E-state index is 12.2. The van der Waals surface area contributed by atoms with Crippen LogP contribution in [0.3, 0.4) is 0 Å². The van der Waals surface area contributed by atoms with Gasteiger partial charge in [-0.05, 0) is 11.1 Å². The minimum Gasteiger partial charge on any atom is -0.372 e. The number of likely N-dealkylation sites (N-methyl/N-ethyl adjacent to an activating group) is 1. The van der Waals surface area contributed by atoms with Crippen molar-refractivity contribution in [2.45, 2.75) is 31.7 Å². The SMILES string of the molecule is CN(CC1Cc2ccccc2CO1)S(=O)(=O)CCC(F)(F)F. The number of hydrogen-bond donors (Lipinski definition) is 0. The molecule has 4 nitrogen and oxygen atoms in total. The van der Waals surface area contributed by atoms with Gasteiger partial charge in [0.15, 0.2) is 0 Å². The molecule has 0 saturated heterocycles. The van der Waals surface area contributed by atoms with E-state index in [-0.39, 0.29) is 12.6 Å². The topological polar surface area (TPSA) is 46.6 Å². The van der Waals surface area contributed by atoms with Gasteiger partial charge in [0.2, 0.25) is 10.0 Å². The molecule has 1 aliphatic rings. The van der Waals surface area contributed by atoms with E-state index in [9.17, 15) is 21.6 Å². The van der Waals surface area contributed by atoms with Gasteiger partial charge in [-0.1, -0.05) is 24.3 Å². The average molecular weight is 337 g/mol. The van der Waals surface area contributed by atoms with E-state index in [4.69, 9.17) is 4.74 Å². The Morgan fingerprint density at radius 1 is 1.27 bits per heavy atom. The standard InChI is InChI=1S/C14H18F3NO3S/c1-18(22(19,20)7-6-14(15,16)17)9-13-8-11-4-2-3-5-12(11)10-21-13/h2-5,13H,6-10H2,1H3. The molecule has 0 amide bonds. The van der Waals surface area contributed by atoms with Crippen molar-refractivity contribution in [2.24, 2.45) is 0 Å². The fourth-order valence-electron chi connectivity index (χ4n) is 2.33. The fourth-order valence-corrected chi connectivity index (χ4v) is 3.52. The van der Waals surface area contributed by atoms with Crippen LogP contribution >= 0.6 is 0 Å². The maximum absolute atomic E-state index is 12.2. The summed E-state index contributed by atoms with van der Waals surface area (Å²) in [7, 11) is -2.65. The van der Waals surface area contributed by atoms with Crippen molar-refractivity contribution in [3.05, 3.63) is 35.4 Å². The van der Waals surface area contributed by atoms with E-state index in [1.807, 2.05) is 24.3 Å². The third kappa shape index (κ3) is 4.69. The molecule has 22 heavy (non-hydrogen) atoms. The zero-order chi connectivity index (χ0) is 16.4. The van der Waals surface area contributed by atoms with Gasteiger partial charge in [-0.2, -0.15) is 13.2 Å². The molecule has 8 heteroatoms. The normalized spacial score (nSPS) is 19.2. The van der Waals surface area contributed by atoms with Crippen molar-refractivity contribution < 1.29 is 26.3 Å². The highest BCUT2D eigenvalue weighted by Gasteiger charge is 2.32. The summed E-state index contributed by atoms with van der Waals surface area (Å²) in [5.74, 6) is -0.934. The van der Waals surface area contributed by atoms with Crippen LogP contribution in [-0.2, 0) is 27.8 Å². The molecule has 0 saturated carbocycles. The van der Waals surface area contributed by atoms with Crippen molar-refractivity contribution >= 4 is 10.0 Å². The van der Waals surface area contributed by atoms with E-state index >= 15 is 0 Å². The highest BCUT2D eigenvalue weighted by Crippen LogP contribution is 2.23. The van der Waals surface area contributed by atoms with Crippen LogP contribution in [0.4, 0.5) is 13.2 Å². The van der Waals surface area contributed by atoms with Crippen LogP contribution in [0.1, 0.15) is 17.5 Å². The van der Waals surface area contributed by atoms with E-state index in [0.717, 1.165) is 15.4 Å². The molecule has 0 radical (unpaired) electrons. The lowest BCUT2D eigenvalue weighted by atomic mass is 9.99. The lowest BCUT2D eigenvalue weighted by molar-refractivity contribution is -0.130. The predicted octanol–water partition coefficient (Wildman–Crippen LogP) is 2.34. The van der Waals surface area contributed by atoms with Crippen LogP contribution in [0.15, 0.2) is 24.3 Å². The summed E-state index contributed by atoms with van der Waals surface area (Å²) in [6.45, 7) is 0.436. The lowest BCUT2D eigenvalue weighted by Crippen LogP contribution is -2.39. The Labute approximate surface area is 127 Å². The molecule has 1 unspecified atom stereocenters. The molecule has 0 bridgehead atoms. The van der Waals surface area contributed by atoms with E-state index in [2.05, 4.69) is 0 Å². The van der Waals surface area contributed by atoms with Crippen molar-refractivity contribution in [2.75, 3.05) is 19.3 Å². The van der Waals surface area contributed by atoms with Crippen LogP contribution in [0.2, 0.25) is 0 Å². The summed E-state index contributed by atoms with van der Waals surface area (Å²) in [6, 6.07) is 7.68. The third-order valence-corrected chi connectivity index (χ3v) is 5.44. The lowest BCUT2D eigenvalue weighted by Gasteiger charge is -2.28. The van der Waals surface area contributed by atoms with Crippen molar-refractivity contribution in [3.8, 4) is 0 Å².